The van der Waals surface area contributed by atoms with Crippen LogP contribution in [0.1, 0.15) is 18.4 Å². The molecule has 0 aliphatic carbocycles. The lowest BCUT2D eigenvalue weighted by molar-refractivity contribution is 0.140. The number of pyridine rings is 2. The fraction of sp³-hybridized carbons (Fsp3) is 0.333. The van der Waals surface area contributed by atoms with Crippen molar-refractivity contribution < 1.29 is 0 Å². The van der Waals surface area contributed by atoms with E-state index in [1.54, 1.807) is 6.20 Å². The number of aromatic nitrogens is 3. The Morgan fingerprint density at radius 2 is 1.77 bits per heavy atom. The number of fused-ring (bicyclic) bond motifs is 3. The molecule has 0 radical (unpaired) electrons. The predicted molar refractivity (Wildman–Crippen MR) is 123 cm³/mol. The van der Waals surface area contributed by atoms with Gasteiger partial charge in [-0.15, -0.1) is 0 Å². The molecule has 4 heterocycles. The van der Waals surface area contributed by atoms with Crippen LogP contribution in [0.4, 0.5) is 5.82 Å². The number of H-pyrrole nitrogens is 1. The maximum Gasteiger partial charge on any atom is 0.138 e. The zero-order valence-corrected chi connectivity index (χ0v) is 17.6. The number of hydrogen-bond donors (Lipinski definition) is 2. The summed E-state index contributed by atoms with van der Waals surface area (Å²) in [6, 6.07) is 13.7. The smallest absolute Gasteiger partial charge is 0.138 e. The van der Waals surface area contributed by atoms with Gasteiger partial charge in [-0.05, 0) is 63.3 Å². The zero-order valence-electron chi connectivity index (χ0n) is 17.6. The van der Waals surface area contributed by atoms with Crippen molar-refractivity contribution >= 4 is 27.8 Å². The van der Waals surface area contributed by atoms with Crippen molar-refractivity contribution in [3.8, 4) is 11.1 Å². The van der Waals surface area contributed by atoms with Crippen LogP contribution < -0.4 is 5.73 Å². The molecule has 1 aliphatic heterocycles. The number of nitrogen functional groups attached to an aromatic ring is 1. The molecule has 0 bridgehead atoms. The number of anilines is 1. The van der Waals surface area contributed by atoms with E-state index in [-0.39, 0.29) is 0 Å². The highest BCUT2D eigenvalue weighted by Crippen LogP contribution is 2.29. The Morgan fingerprint density at radius 1 is 1.00 bits per heavy atom. The molecule has 30 heavy (non-hydrogen) atoms. The first kappa shape index (κ1) is 19.0. The second-order valence-corrected chi connectivity index (χ2v) is 8.57. The van der Waals surface area contributed by atoms with Crippen LogP contribution in [0.3, 0.4) is 0 Å². The molecule has 1 aromatic carbocycles. The normalized spacial score (nSPS) is 16.1. The molecule has 0 spiro atoms. The van der Waals surface area contributed by atoms with Gasteiger partial charge in [0.1, 0.15) is 11.5 Å². The van der Waals surface area contributed by atoms with E-state index < -0.39 is 0 Å². The van der Waals surface area contributed by atoms with Crippen LogP contribution in [-0.2, 0) is 6.54 Å². The van der Waals surface area contributed by atoms with Crippen molar-refractivity contribution in [3.63, 3.8) is 0 Å². The summed E-state index contributed by atoms with van der Waals surface area (Å²) < 4.78 is 0. The molecule has 1 fully saturated rings. The number of hydrogen-bond acceptors (Lipinski definition) is 5. The highest BCUT2D eigenvalue weighted by atomic mass is 15.2. The molecule has 5 rings (SSSR count). The number of rotatable bonds is 4. The molecule has 0 amide bonds. The van der Waals surface area contributed by atoms with E-state index in [1.807, 2.05) is 12.3 Å². The average Bonchev–Trinajstić information content (AvgIpc) is 3.12. The van der Waals surface area contributed by atoms with Gasteiger partial charge in [-0.25, -0.2) is 9.97 Å². The maximum atomic E-state index is 5.89. The summed E-state index contributed by atoms with van der Waals surface area (Å²) in [5, 5.41) is 2.13. The van der Waals surface area contributed by atoms with E-state index in [2.05, 4.69) is 69.2 Å². The van der Waals surface area contributed by atoms with Gasteiger partial charge in [0.15, 0.2) is 0 Å². The van der Waals surface area contributed by atoms with Crippen LogP contribution in [0.15, 0.2) is 48.8 Å². The van der Waals surface area contributed by atoms with Gasteiger partial charge >= 0.3 is 0 Å². The van der Waals surface area contributed by atoms with Crippen LogP contribution in [0.25, 0.3) is 33.1 Å². The molecule has 0 saturated carbocycles. The number of nitrogens with two attached hydrogens (primary N) is 1. The second-order valence-electron chi connectivity index (χ2n) is 8.57. The lowest BCUT2D eigenvalue weighted by Crippen LogP contribution is -2.41. The Morgan fingerprint density at radius 3 is 2.50 bits per heavy atom. The van der Waals surface area contributed by atoms with Crippen molar-refractivity contribution in [2.75, 3.05) is 32.9 Å². The zero-order chi connectivity index (χ0) is 20.7. The summed E-state index contributed by atoms with van der Waals surface area (Å²) in [5.74, 6) is 0.521. The monoisotopic (exact) mass is 400 g/mol. The lowest BCUT2D eigenvalue weighted by atomic mass is 10.0. The number of benzene rings is 1. The molecule has 3 aromatic heterocycles. The van der Waals surface area contributed by atoms with Gasteiger partial charge < -0.3 is 15.6 Å². The van der Waals surface area contributed by atoms with E-state index in [1.165, 1.54) is 37.1 Å². The summed E-state index contributed by atoms with van der Waals surface area (Å²) in [7, 11) is 4.38. The van der Waals surface area contributed by atoms with E-state index in [9.17, 15) is 0 Å². The van der Waals surface area contributed by atoms with E-state index in [0.717, 1.165) is 40.1 Å². The summed E-state index contributed by atoms with van der Waals surface area (Å²) in [6.45, 7) is 3.36. The molecular weight excluding hydrogens is 372 g/mol. The number of aromatic amines is 1. The van der Waals surface area contributed by atoms with Crippen molar-refractivity contribution in [3.05, 3.63) is 54.4 Å². The van der Waals surface area contributed by atoms with Crippen molar-refractivity contribution in [2.45, 2.75) is 25.4 Å². The molecule has 0 atom stereocenters. The third-order valence-corrected chi connectivity index (χ3v) is 6.34. The first-order valence-electron chi connectivity index (χ1n) is 10.6. The minimum atomic E-state index is 0.521. The number of nitrogens with zero attached hydrogens (tertiary/aromatic N) is 4. The van der Waals surface area contributed by atoms with Gasteiger partial charge in [0.25, 0.3) is 0 Å². The van der Waals surface area contributed by atoms with E-state index >= 15 is 0 Å². The third kappa shape index (κ3) is 3.64. The van der Waals surface area contributed by atoms with Gasteiger partial charge in [0, 0.05) is 35.1 Å². The van der Waals surface area contributed by atoms with Gasteiger partial charge in [-0.2, -0.15) is 0 Å². The number of likely N-dealkylation sites (tertiary alicyclic amines) is 1. The fourth-order valence-corrected chi connectivity index (χ4v) is 4.50. The van der Waals surface area contributed by atoms with Gasteiger partial charge in [-0.1, -0.05) is 24.3 Å². The van der Waals surface area contributed by atoms with Gasteiger partial charge in [0.2, 0.25) is 0 Å². The largest absolute Gasteiger partial charge is 0.384 e. The van der Waals surface area contributed by atoms with Crippen LogP contribution >= 0.6 is 0 Å². The SMILES string of the molecule is CN(C)C1CCN(Cc2ccc(-c3cnc4[nH]c5cnc(N)cc5c4c3)cc2)CC1. The minimum Gasteiger partial charge on any atom is -0.384 e. The molecule has 4 aromatic rings. The number of nitrogens with one attached hydrogen (secondary N) is 1. The van der Waals surface area contributed by atoms with E-state index in [4.69, 9.17) is 5.73 Å². The fourth-order valence-electron chi connectivity index (χ4n) is 4.50. The number of piperidine rings is 1. The highest BCUT2D eigenvalue weighted by Gasteiger charge is 2.20. The van der Waals surface area contributed by atoms with Crippen molar-refractivity contribution in [1.82, 2.24) is 24.8 Å². The maximum absolute atomic E-state index is 5.89. The van der Waals surface area contributed by atoms with Gasteiger partial charge in [-0.3, -0.25) is 4.90 Å². The van der Waals surface area contributed by atoms with E-state index in [0.29, 0.717) is 5.82 Å². The Bertz CT molecular complexity index is 1170. The van der Waals surface area contributed by atoms with Gasteiger partial charge in [0.05, 0.1) is 11.7 Å². The molecule has 1 saturated heterocycles. The molecule has 3 N–H and O–H groups in total. The Labute approximate surface area is 176 Å². The first-order valence-corrected chi connectivity index (χ1v) is 10.6. The van der Waals surface area contributed by atoms with Crippen LogP contribution in [0, 0.1) is 0 Å². The van der Waals surface area contributed by atoms with Crippen molar-refractivity contribution in [2.24, 2.45) is 0 Å². The third-order valence-electron chi connectivity index (χ3n) is 6.34. The molecule has 6 nitrogen and oxygen atoms in total. The molecule has 6 heteroatoms. The molecule has 0 unspecified atom stereocenters. The quantitative estimate of drug-likeness (QED) is 0.544. The second kappa shape index (κ2) is 7.70. The summed E-state index contributed by atoms with van der Waals surface area (Å²) >= 11 is 0. The minimum absolute atomic E-state index is 0.521. The Hall–Kier alpha value is -2.96. The summed E-state index contributed by atoms with van der Waals surface area (Å²) in [6.07, 6.45) is 6.19. The van der Waals surface area contributed by atoms with Crippen molar-refractivity contribution in [1.29, 1.82) is 0 Å². The van der Waals surface area contributed by atoms with Crippen LogP contribution in [0.2, 0.25) is 0 Å². The molecule has 154 valence electrons. The van der Waals surface area contributed by atoms with Crippen LogP contribution in [0.5, 0.6) is 0 Å². The topological polar surface area (TPSA) is 74.1 Å². The standard InChI is InChI=1S/C24H28N6/c1-29(2)19-7-9-30(10-8-19)15-16-3-5-17(6-4-16)18-11-21-20-12-23(25)26-14-22(20)28-24(21)27-13-18/h3-6,11-14,19H,7-10,15H2,1-2H3,(H2,25,26)(H,27,28). The molecule has 1 aliphatic rings. The molecular formula is C24H28N6. The predicted octanol–water partition coefficient (Wildman–Crippen LogP) is 3.89. The highest BCUT2D eigenvalue weighted by molar-refractivity contribution is 6.07. The summed E-state index contributed by atoms with van der Waals surface area (Å²) in [4.78, 5) is 17.0. The average molecular weight is 401 g/mol. The van der Waals surface area contributed by atoms with Crippen LogP contribution in [-0.4, -0.2) is 58.0 Å². The first-order chi connectivity index (χ1) is 14.6. The Balaban J connectivity index is 1.34. The summed E-state index contributed by atoms with van der Waals surface area (Å²) in [5.41, 5.74) is 11.4. The lowest BCUT2D eigenvalue weighted by Gasteiger charge is -2.35. The Kier molecular flexibility index (Phi) is 4.89.